The van der Waals surface area contributed by atoms with E-state index in [0.717, 1.165) is 11.6 Å². The summed E-state index contributed by atoms with van der Waals surface area (Å²) in [5.74, 6) is -0.368. The smallest absolute Gasteiger partial charge is 0.263 e. The van der Waals surface area contributed by atoms with Crippen LogP contribution in [0.5, 0.6) is 5.75 Å². The summed E-state index contributed by atoms with van der Waals surface area (Å²) in [5, 5.41) is 0. The van der Waals surface area contributed by atoms with E-state index in [1.165, 1.54) is 22.5 Å². The lowest BCUT2D eigenvalue weighted by molar-refractivity contribution is -0.139. The van der Waals surface area contributed by atoms with Gasteiger partial charge in [-0.25, -0.2) is 12.8 Å². The van der Waals surface area contributed by atoms with Crippen LogP contribution in [-0.4, -0.2) is 55.8 Å². The van der Waals surface area contributed by atoms with Crippen molar-refractivity contribution in [1.29, 1.82) is 0 Å². The number of hydrogen-bond acceptors (Lipinski definition) is 4. The van der Waals surface area contributed by atoms with Crippen LogP contribution in [0.3, 0.4) is 0 Å². The second-order valence-corrected chi connectivity index (χ2v) is 8.64. The molecule has 2 aromatic rings. The van der Waals surface area contributed by atoms with Crippen LogP contribution >= 0.6 is 0 Å². The zero-order valence-corrected chi connectivity index (χ0v) is 16.7. The fraction of sp³-hybridized carbons (Fsp3) is 0.350. The predicted octanol–water partition coefficient (Wildman–Crippen LogP) is 2.43. The van der Waals surface area contributed by atoms with Gasteiger partial charge in [-0.2, -0.15) is 4.31 Å². The maximum absolute atomic E-state index is 13.9. The van der Waals surface area contributed by atoms with Gasteiger partial charge >= 0.3 is 0 Å². The van der Waals surface area contributed by atoms with Crippen LogP contribution < -0.4 is 4.74 Å². The lowest BCUT2D eigenvalue weighted by atomic mass is 10.2. The molecule has 1 heterocycles. The average Bonchev–Trinajstić information content (AvgIpc) is 2.67. The Morgan fingerprint density at radius 2 is 1.75 bits per heavy atom. The Labute approximate surface area is 164 Å². The number of ether oxygens (including phenoxy) is 1. The SMILES string of the molecule is Cc1cccc(OC(C)C(=O)N2CCN(S(=O)(=O)c3ccccc3F)CC2)c1. The zero-order chi connectivity index (χ0) is 20.3. The molecule has 0 radical (unpaired) electrons. The standard InChI is InChI=1S/C20H23FN2O4S/c1-15-6-5-7-17(14-15)27-16(2)20(24)22-10-12-23(13-11-22)28(25,26)19-9-4-3-8-18(19)21/h3-9,14,16H,10-13H2,1-2H3. The molecule has 0 aliphatic carbocycles. The third kappa shape index (κ3) is 4.34. The topological polar surface area (TPSA) is 66.9 Å². The quantitative estimate of drug-likeness (QED) is 0.765. The first-order valence-electron chi connectivity index (χ1n) is 9.06. The maximum Gasteiger partial charge on any atom is 0.263 e. The molecular formula is C20H23FN2O4S. The molecule has 0 saturated carbocycles. The number of rotatable bonds is 5. The minimum absolute atomic E-state index is 0.111. The van der Waals surface area contributed by atoms with Crippen LogP contribution in [0.4, 0.5) is 4.39 Å². The van der Waals surface area contributed by atoms with Crippen molar-refractivity contribution >= 4 is 15.9 Å². The van der Waals surface area contributed by atoms with Crippen molar-refractivity contribution in [3.63, 3.8) is 0 Å². The Bertz CT molecular complexity index is 956. The van der Waals surface area contributed by atoms with Gasteiger partial charge in [0.2, 0.25) is 10.0 Å². The van der Waals surface area contributed by atoms with Gasteiger partial charge in [-0.3, -0.25) is 4.79 Å². The van der Waals surface area contributed by atoms with E-state index in [2.05, 4.69) is 0 Å². The minimum Gasteiger partial charge on any atom is -0.481 e. The van der Waals surface area contributed by atoms with Gasteiger partial charge < -0.3 is 9.64 Å². The van der Waals surface area contributed by atoms with Crippen molar-refractivity contribution in [1.82, 2.24) is 9.21 Å². The second-order valence-electron chi connectivity index (χ2n) is 6.74. The molecule has 150 valence electrons. The summed E-state index contributed by atoms with van der Waals surface area (Å²) >= 11 is 0. The molecule has 28 heavy (non-hydrogen) atoms. The van der Waals surface area contributed by atoms with Crippen molar-refractivity contribution in [3.8, 4) is 5.75 Å². The van der Waals surface area contributed by atoms with Crippen LogP contribution in [0.1, 0.15) is 12.5 Å². The monoisotopic (exact) mass is 406 g/mol. The molecule has 1 aliphatic heterocycles. The normalized spacial score (nSPS) is 16.6. The molecular weight excluding hydrogens is 383 g/mol. The number of carbonyl (C=O) groups excluding carboxylic acids is 1. The molecule has 1 atom stereocenters. The van der Waals surface area contributed by atoms with Crippen LogP contribution in [0, 0.1) is 12.7 Å². The molecule has 1 unspecified atom stereocenters. The molecule has 0 aromatic heterocycles. The largest absolute Gasteiger partial charge is 0.481 e. The van der Waals surface area contributed by atoms with E-state index in [1.807, 2.05) is 25.1 Å². The molecule has 8 heteroatoms. The number of carbonyl (C=O) groups is 1. The number of benzene rings is 2. The van der Waals surface area contributed by atoms with Crippen LogP contribution in [0.15, 0.2) is 53.4 Å². The Morgan fingerprint density at radius 1 is 1.07 bits per heavy atom. The number of nitrogens with zero attached hydrogens (tertiary/aromatic N) is 2. The van der Waals surface area contributed by atoms with E-state index in [-0.39, 0.29) is 37.0 Å². The first kappa shape index (κ1) is 20.3. The number of aryl methyl sites for hydroxylation is 1. The molecule has 1 aliphatic rings. The van der Waals surface area contributed by atoms with E-state index in [4.69, 9.17) is 4.74 Å². The van der Waals surface area contributed by atoms with Gasteiger partial charge in [0.1, 0.15) is 16.5 Å². The third-order valence-electron chi connectivity index (χ3n) is 4.65. The second kappa shape index (κ2) is 8.28. The highest BCUT2D eigenvalue weighted by atomic mass is 32.2. The first-order chi connectivity index (χ1) is 13.3. The number of sulfonamides is 1. The average molecular weight is 406 g/mol. The Kier molecular flexibility index (Phi) is 6.00. The molecule has 0 N–H and O–H groups in total. The molecule has 6 nitrogen and oxygen atoms in total. The van der Waals surface area contributed by atoms with E-state index >= 15 is 0 Å². The zero-order valence-electron chi connectivity index (χ0n) is 15.8. The van der Waals surface area contributed by atoms with Gasteiger partial charge in [0.25, 0.3) is 5.91 Å². The summed E-state index contributed by atoms with van der Waals surface area (Å²) in [4.78, 5) is 13.9. The fourth-order valence-corrected chi connectivity index (χ4v) is 4.63. The van der Waals surface area contributed by atoms with E-state index in [9.17, 15) is 17.6 Å². The van der Waals surface area contributed by atoms with Crippen molar-refractivity contribution in [2.24, 2.45) is 0 Å². The Hall–Kier alpha value is -2.45. The van der Waals surface area contributed by atoms with Gasteiger partial charge in [-0.15, -0.1) is 0 Å². The Morgan fingerprint density at radius 3 is 2.39 bits per heavy atom. The maximum atomic E-state index is 13.9. The molecule has 0 spiro atoms. The van der Waals surface area contributed by atoms with Gasteiger partial charge in [0.15, 0.2) is 6.10 Å². The first-order valence-corrected chi connectivity index (χ1v) is 10.5. The molecule has 2 aromatic carbocycles. The molecule has 1 saturated heterocycles. The summed E-state index contributed by atoms with van der Waals surface area (Å²) in [7, 11) is -3.93. The summed E-state index contributed by atoms with van der Waals surface area (Å²) in [5.41, 5.74) is 1.03. The van der Waals surface area contributed by atoms with Crippen LogP contribution in [-0.2, 0) is 14.8 Å². The minimum atomic E-state index is -3.93. The van der Waals surface area contributed by atoms with Crippen LogP contribution in [0.2, 0.25) is 0 Å². The van der Waals surface area contributed by atoms with Gasteiger partial charge in [-0.1, -0.05) is 24.3 Å². The van der Waals surface area contributed by atoms with Crippen molar-refractivity contribution < 1.29 is 22.3 Å². The number of hydrogen-bond donors (Lipinski definition) is 0. The lowest BCUT2D eigenvalue weighted by Crippen LogP contribution is -2.53. The molecule has 3 rings (SSSR count). The summed E-state index contributed by atoms with van der Waals surface area (Å²) in [6.45, 7) is 4.29. The van der Waals surface area contributed by atoms with Crippen molar-refractivity contribution in [2.75, 3.05) is 26.2 Å². The highest BCUT2D eigenvalue weighted by Gasteiger charge is 2.33. The molecule has 1 fully saturated rings. The predicted molar refractivity (Wildman–Crippen MR) is 103 cm³/mol. The number of amides is 1. The van der Waals surface area contributed by atoms with Gasteiger partial charge in [0.05, 0.1) is 0 Å². The molecule has 0 bridgehead atoms. The van der Waals surface area contributed by atoms with Crippen LogP contribution in [0.25, 0.3) is 0 Å². The van der Waals surface area contributed by atoms with E-state index in [1.54, 1.807) is 17.9 Å². The molecule has 1 amide bonds. The summed E-state index contributed by atoms with van der Waals surface area (Å²) in [6.07, 6.45) is -0.684. The number of piperazine rings is 1. The van der Waals surface area contributed by atoms with Crippen molar-refractivity contribution in [2.45, 2.75) is 24.8 Å². The van der Waals surface area contributed by atoms with E-state index in [0.29, 0.717) is 5.75 Å². The van der Waals surface area contributed by atoms with E-state index < -0.39 is 21.9 Å². The van der Waals surface area contributed by atoms with Gasteiger partial charge in [0, 0.05) is 26.2 Å². The van der Waals surface area contributed by atoms with Crippen molar-refractivity contribution in [3.05, 3.63) is 59.9 Å². The fourth-order valence-electron chi connectivity index (χ4n) is 3.14. The van der Waals surface area contributed by atoms with Gasteiger partial charge in [-0.05, 0) is 43.7 Å². The summed E-state index contributed by atoms with van der Waals surface area (Å²) in [6, 6.07) is 12.7. The highest BCUT2D eigenvalue weighted by Crippen LogP contribution is 2.21. The highest BCUT2D eigenvalue weighted by molar-refractivity contribution is 7.89. The summed E-state index contributed by atoms with van der Waals surface area (Å²) < 4.78 is 46.1. The Balaban J connectivity index is 1.61. The lowest BCUT2D eigenvalue weighted by Gasteiger charge is -2.35. The third-order valence-corrected chi connectivity index (χ3v) is 6.59. The number of halogens is 1.